The van der Waals surface area contributed by atoms with Gasteiger partial charge < -0.3 is 5.11 Å². The van der Waals surface area contributed by atoms with Crippen molar-refractivity contribution in [1.82, 2.24) is 0 Å². The molecule has 4 saturated carbocycles. The van der Waals surface area contributed by atoms with Crippen LogP contribution in [0.15, 0.2) is 35.4 Å². The van der Waals surface area contributed by atoms with Crippen LogP contribution in [0.3, 0.4) is 0 Å². The first-order chi connectivity index (χ1) is 10.6. The summed E-state index contributed by atoms with van der Waals surface area (Å²) in [5.74, 6) is 1.64. The van der Waals surface area contributed by atoms with E-state index < -0.39 is 5.60 Å². The molecule has 0 amide bonds. The molecule has 0 spiro atoms. The Hall–Kier alpha value is -1.51. The molecule has 1 unspecified atom stereocenters. The monoisotopic (exact) mass is 297 g/mol. The molecule has 1 aromatic carbocycles. The maximum absolute atomic E-state index is 11.4. The number of aliphatic hydroxyl groups is 1. The normalized spacial score (nSPS) is 43.6. The van der Waals surface area contributed by atoms with Gasteiger partial charge in [-0.3, -0.25) is 0 Å². The highest BCUT2D eigenvalue weighted by molar-refractivity contribution is 5.25. The van der Waals surface area contributed by atoms with E-state index in [1.54, 1.807) is 0 Å². The highest BCUT2D eigenvalue weighted by Crippen LogP contribution is 2.64. The molecule has 0 heterocycles. The second-order valence-corrected chi connectivity index (χ2v) is 7.89. The summed E-state index contributed by atoms with van der Waals surface area (Å²) in [6, 6.07) is 10.5. The maximum Gasteiger partial charge on any atom is 0.0693 e. The minimum Gasteiger partial charge on any atom is -0.390 e. The number of nitrogens with zero attached hydrogens (tertiary/aromatic N) is 3. The smallest absolute Gasteiger partial charge is 0.0693 e. The Bertz CT molecular complexity index is 626. The lowest BCUT2D eigenvalue weighted by atomic mass is 9.45. The van der Waals surface area contributed by atoms with Crippen LogP contribution in [0.1, 0.15) is 50.5 Å². The molecule has 4 bridgehead atoms. The molecule has 4 nitrogen and oxygen atoms in total. The van der Waals surface area contributed by atoms with E-state index in [4.69, 9.17) is 5.53 Å². The molecule has 6 atom stereocenters. The molecule has 4 aliphatic rings. The molecule has 116 valence electrons. The van der Waals surface area contributed by atoms with Crippen LogP contribution in [-0.4, -0.2) is 16.2 Å². The van der Waals surface area contributed by atoms with E-state index in [0.29, 0.717) is 24.2 Å². The van der Waals surface area contributed by atoms with Crippen molar-refractivity contribution in [1.29, 1.82) is 0 Å². The number of azide groups is 1. The first-order valence-corrected chi connectivity index (χ1v) is 8.39. The molecule has 5 rings (SSSR count). The SMILES string of the molecule is C[C@@H](c1ccccc1)[C@@H]1C2C[C@@H]3C[C@@](N=[N+]=[N-])(C2)C[C@]1(O)C3. The van der Waals surface area contributed by atoms with Gasteiger partial charge in [0.05, 0.1) is 11.1 Å². The Morgan fingerprint density at radius 1 is 1.27 bits per heavy atom. The van der Waals surface area contributed by atoms with E-state index in [2.05, 4.69) is 41.2 Å². The van der Waals surface area contributed by atoms with E-state index in [0.717, 1.165) is 19.3 Å². The number of rotatable bonds is 3. The lowest BCUT2D eigenvalue weighted by Gasteiger charge is -2.63. The summed E-state index contributed by atoms with van der Waals surface area (Å²) in [4.78, 5) is 3.10. The predicted molar refractivity (Wildman–Crippen MR) is 85.2 cm³/mol. The maximum atomic E-state index is 11.4. The number of hydrogen-bond acceptors (Lipinski definition) is 2. The second-order valence-electron chi connectivity index (χ2n) is 7.89. The number of hydrogen-bond donors (Lipinski definition) is 1. The minimum atomic E-state index is -0.659. The molecule has 0 radical (unpaired) electrons. The Labute approximate surface area is 131 Å². The molecule has 0 aliphatic heterocycles. The molecule has 1 N–H and O–H groups in total. The Kier molecular flexibility index (Phi) is 3.04. The van der Waals surface area contributed by atoms with Crippen molar-refractivity contribution >= 4 is 0 Å². The van der Waals surface area contributed by atoms with Crippen LogP contribution in [0.25, 0.3) is 10.4 Å². The van der Waals surface area contributed by atoms with Crippen molar-refractivity contribution in [2.45, 2.75) is 56.1 Å². The van der Waals surface area contributed by atoms with E-state index >= 15 is 0 Å². The van der Waals surface area contributed by atoms with Crippen molar-refractivity contribution in [3.8, 4) is 0 Å². The summed E-state index contributed by atoms with van der Waals surface area (Å²) >= 11 is 0. The van der Waals surface area contributed by atoms with Gasteiger partial charge in [-0.2, -0.15) is 0 Å². The first kappa shape index (κ1) is 14.1. The Balaban J connectivity index is 1.70. The van der Waals surface area contributed by atoms with Crippen LogP contribution in [-0.2, 0) is 0 Å². The van der Waals surface area contributed by atoms with Gasteiger partial charge >= 0.3 is 0 Å². The van der Waals surface area contributed by atoms with Crippen molar-refractivity contribution in [3.63, 3.8) is 0 Å². The van der Waals surface area contributed by atoms with Gasteiger partial charge in [-0.05, 0) is 66.9 Å². The summed E-state index contributed by atoms with van der Waals surface area (Å²) in [7, 11) is 0. The molecule has 4 aliphatic carbocycles. The van der Waals surface area contributed by atoms with E-state index in [-0.39, 0.29) is 11.5 Å². The topological polar surface area (TPSA) is 69.0 Å². The van der Waals surface area contributed by atoms with Crippen molar-refractivity contribution in [2.24, 2.45) is 22.9 Å². The number of benzene rings is 1. The largest absolute Gasteiger partial charge is 0.390 e. The van der Waals surface area contributed by atoms with Crippen LogP contribution in [0, 0.1) is 17.8 Å². The average Bonchev–Trinajstić information content (AvgIpc) is 2.45. The molecule has 0 aromatic heterocycles. The standard InChI is InChI=1S/C18H23N3O/c1-12(14-5-3-2-4-6-14)16-15-7-13-8-17(10-15,20-21-19)11-18(16,22)9-13/h2-6,12-13,15-16,22H,7-11H2,1H3/t12-,13+,15?,16+,17+,18+/m0/s1. The van der Waals surface area contributed by atoms with Crippen LogP contribution in [0.4, 0.5) is 0 Å². The van der Waals surface area contributed by atoms with Gasteiger partial charge in [-0.15, -0.1) is 0 Å². The van der Waals surface area contributed by atoms with Crippen LogP contribution in [0.2, 0.25) is 0 Å². The molecular formula is C18H23N3O. The summed E-state index contributed by atoms with van der Waals surface area (Å²) in [6.45, 7) is 2.25. The van der Waals surface area contributed by atoms with Gasteiger partial charge in [0.1, 0.15) is 0 Å². The van der Waals surface area contributed by atoms with E-state index in [1.165, 1.54) is 12.0 Å². The third-order valence-electron chi connectivity index (χ3n) is 6.47. The quantitative estimate of drug-likeness (QED) is 0.501. The van der Waals surface area contributed by atoms with Gasteiger partial charge in [0.2, 0.25) is 0 Å². The lowest BCUT2D eigenvalue weighted by molar-refractivity contribution is -0.183. The van der Waals surface area contributed by atoms with Gasteiger partial charge in [-0.25, -0.2) is 0 Å². The zero-order chi connectivity index (χ0) is 15.4. The van der Waals surface area contributed by atoms with Crippen LogP contribution >= 0.6 is 0 Å². The molecule has 0 saturated heterocycles. The molecule has 1 aromatic rings. The van der Waals surface area contributed by atoms with Gasteiger partial charge in [0.25, 0.3) is 0 Å². The summed E-state index contributed by atoms with van der Waals surface area (Å²) < 4.78 is 0. The first-order valence-electron chi connectivity index (χ1n) is 8.39. The highest BCUT2D eigenvalue weighted by Gasteiger charge is 2.62. The summed E-state index contributed by atoms with van der Waals surface area (Å²) in [5, 5.41) is 15.6. The third kappa shape index (κ3) is 1.98. The second kappa shape index (κ2) is 4.74. The average molecular weight is 297 g/mol. The predicted octanol–water partition coefficient (Wildman–Crippen LogP) is 4.41. The zero-order valence-corrected chi connectivity index (χ0v) is 13.0. The fraction of sp³-hybridized carbons (Fsp3) is 0.667. The Morgan fingerprint density at radius 3 is 2.73 bits per heavy atom. The van der Waals surface area contributed by atoms with E-state index in [1.807, 2.05) is 6.07 Å². The molecular weight excluding hydrogens is 274 g/mol. The fourth-order valence-electron chi connectivity index (χ4n) is 6.16. The van der Waals surface area contributed by atoms with Crippen molar-refractivity contribution < 1.29 is 5.11 Å². The van der Waals surface area contributed by atoms with Crippen molar-refractivity contribution in [2.75, 3.05) is 0 Å². The zero-order valence-electron chi connectivity index (χ0n) is 13.0. The minimum absolute atomic E-state index is 0.286. The van der Waals surface area contributed by atoms with Gasteiger partial charge in [-0.1, -0.05) is 42.4 Å². The van der Waals surface area contributed by atoms with Crippen LogP contribution < -0.4 is 0 Å². The molecule has 22 heavy (non-hydrogen) atoms. The third-order valence-corrected chi connectivity index (χ3v) is 6.47. The highest BCUT2D eigenvalue weighted by atomic mass is 16.3. The molecule has 4 fully saturated rings. The van der Waals surface area contributed by atoms with Gasteiger partial charge in [0, 0.05) is 4.91 Å². The van der Waals surface area contributed by atoms with Crippen LogP contribution in [0.5, 0.6) is 0 Å². The summed E-state index contributed by atoms with van der Waals surface area (Å²) in [5.41, 5.74) is 9.27. The fourth-order valence-corrected chi connectivity index (χ4v) is 6.16. The molecule has 4 heteroatoms. The van der Waals surface area contributed by atoms with Gasteiger partial charge in [0.15, 0.2) is 0 Å². The Morgan fingerprint density at radius 2 is 2.05 bits per heavy atom. The summed E-state index contributed by atoms with van der Waals surface area (Å²) in [6.07, 6.45) is 4.65. The van der Waals surface area contributed by atoms with E-state index in [9.17, 15) is 5.11 Å². The lowest BCUT2D eigenvalue weighted by Crippen LogP contribution is -2.64. The van der Waals surface area contributed by atoms with Crippen molar-refractivity contribution in [3.05, 3.63) is 46.3 Å².